The average molecular weight is 321 g/mol. The Morgan fingerprint density at radius 3 is 2.14 bits per heavy atom. The van der Waals surface area contributed by atoms with Crippen molar-refractivity contribution in [2.75, 3.05) is 30.5 Å². The normalized spacial score (nSPS) is 12.3. The number of anilines is 2. The fraction of sp³-hybridized carbons (Fsp3) is 0.643. The second-order valence-electron chi connectivity index (χ2n) is 4.82. The predicted molar refractivity (Wildman–Crippen MR) is 84.1 cm³/mol. The van der Waals surface area contributed by atoms with Crippen LogP contribution in [0.1, 0.15) is 32.3 Å². The Kier molecular flexibility index (Phi) is 6.19. The topological polar surface area (TPSA) is 37.0 Å². The third-order valence-electron chi connectivity index (χ3n) is 3.72. The van der Waals surface area contributed by atoms with Gasteiger partial charge < -0.3 is 10.6 Å². The minimum Gasteiger partial charge on any atom is -0.373 e. The molecule has 0 saturated carbocycles. The Labute approximate surface area is 128 Å². The minimum absolute atomic E-state index is 0.00965. The zero-order valence-corrected chi connectivity index (χ0v) is 13.6. The standard InChI is InChI=1S/C14H22F3N3S/c1-5-13(6-2,21-4)9-19-12-8-10(14(15,16)17)7-11(18-3)20-12/h7-8H,5-6,9H2,1-4H3,(H2,18,19,20). The number of alkyl halides is 3. The molecule has 1 rings (SSSR count). The van der Waals surface area contributed by atoms with Crippen LogP contribution in [0.25, 0.3) is 0 Å². The first kappa shape index (κ1) is 17.9. The summed E-state index contributed by atoms with van der Waals surface area (Å²) < 4.78 is 38.6. The molecule has 0 aliphatic carbocycles. The second kappa shape index (κ2) is 7.24. The Morgan fingerprint density at radius 2 is 1.71 bits per heavy atom. The lowest BCUT2D eigenvalue weighted by molar-refractivity contribution is -0.137. The van der Waals surface area contributed by atoms with Gasteiger partial charge in [0.25, 0.3) is 0 Å². The molecule has 1 aromatic rings. The van der Waals surface area contributed by atoms with Crippen LogP contribution >= 0.6 is 11.8 Å². The van der Waals surface area contributed by atoms with E-state index in [1.807, 2.05) is 6.26 Å². The number of nitrogens with zero attached hydrogens (tertiary/aromatic N) is 1. The molecule has 120 valence electrons. The highest BCUT2D eigenvalue weighted by Crippen LogP contribution is 2.33. The summed E-state index contributed by atoms with van der Waals surface area (Å²) in [5.74, 6) is 0.449. The first-order chi connectivity index (χ1) is 9.80. The van der Waals surface area contributed by atoms with Crippen LogP contribution in [0.4, 0.5) is 24.8 Å². The first-order valence-electron chi connectivity index (χ1n) is 6.86. The molecule has 1 heterocycles. The first-order valence-corrected chi connectivity index (χ1v) is 8.08. The zero-order chi connectivity index (χ0) is 16.1. The van der Waals surface area contributed by atoms with Gasteiger partial charge in [-0.3, -0.25) is 0 Å². The molecular weight excluding hydrogens is 299 g/mol. The maximum atomic E-state index is 12.9. The van der Waals surface area contributed by atoms with Crippen molar-refractivity contribution < 1.29 is 13.2 Å². The minimum atomic E-state index is -4.38. The van der Waals surface area contributed by atoms with Crippen LogP contribution in [0.15, 0.2) is 12.1 Å². The maximum absolute atomic E-state index is 12.9. The molecule has 0 unspecified atom stereocenters. The van der Waals surface area contributed by atoms with Crippen molar-refractivity contribution in [1.82, 2.24) is 4.98 Å². The van der Waals surface area contributed by atoms with E-state index in [0.29, 0.717) is 6.54 Å². The highest BCUT2D eigenvalue weighted by Gasteiger charge is 2.32. The van der Waals surface area contributed by atoms with Crippen molar-refractivity contribution in [3.8, 4) is 0 Å². The number of pyridine rings is 1. The quantitative estimate of drug-likeness (QED) is 0.776. The van der Waals surface area contributed by atoms with Gasteiger partial charge in [0.05, 0.1) is 5.56 Å². The smallest absolute Gasteiger partial charge is 0.373 e. The van der Waals surface area contributed by atoms with Crippen molar-refractivity contribution in [1.29, 1.82) is 0 Å². The molecule has 0 fully saturated rings. The number of nitrogens with one attached hydrogen (secondary N) is 2. The third-order valence-corrected chi connectivity index (χ3v) is 5.31. The summed E-state index contributed by atoms with van der Waals surface area (Å²) in [6, 6.07) is 2.06. The SMILES string of the molecule is CCC(CC)(CNc1cc(C(F)(F)F)cc(NC)n1)SC. The number of hydrogen-bond donors (Lipinski definition) is 2. The van der Waals surface area contributed by atoms with Crippen LogP contribution in [0.2, 0.25) is 0 Å². The summed E-state index contributed by atoms with van der Waals surface area (Å²) >= 11 is 1.73. The van der Waals surface area contributed by atoms with E-state index in [2.05, 4.69) is 29.5 Å². The molecule has 0 radical (unpaired) electrons. The Morgan fingerprint density at radius 1 is 1.14 bits per heavy atom. The van der Waals surface area contributed by atoms with Crippen LogP contribution in [-0.4, -0.2) is 29.6 Å². The number of thioether (sulfide) groups is 1. The van der Waals surface area contributed by atoms with Gasteiger partial charge >= 0.3 is 6.18 Å². The molecule has 1 aromatic heterocycles. The third kappa shape index (κ3) is 4.69. The summed E-state index contributed by atoms with van der Waals surface area (Å²) in [4.78, 5) is 4.14. The monoisotopic (exact) mass is 321 g/mol. The fourth-order valence-electron chi connectivity index (χ4n) is 2.03. The zero-order valence-electron chi connectivity index (χ0n) is 12.8. The molecular formula is C14H22F3N3S. The van der Waals surface area contributed by atoms with Gasteiger partial charge in [-0.15, -0.1) is 0 Å². The van der Waals surface area contributed by atoms with Gasteiger partial charge in [0.2, 0.25) is 0 Å². The lowest BCUT2D eigenvalue weighted by Gasteiger charge is -2.30. The lowest BCUT2D eigenvalue weighted by atomic mass is 10.0. The van der Waals surface area contributed by atoms with Gasteiger partial charge in [-0.2, -0.15) is 24.9 Å². The van der Waals surface area contributed by atoms with E-state index >= 15 is 0 Å². The van der Waals surface area contributed by atoms with Crippen molar-refractivity contribution in [2.24, 2.45) is 0 Å². The summed E-state index contributed by atoms with van der Waals surface area (Å²) in [5, 5.41) is 5.72. The van der Waals surface area contributed by atoms with E-state index in [0.717, 1.165) is 25.0 Å². The molecule has 0 bridgehead atoms. The number of halogens is 3. The molecule has 0 spiro atoms. The molecule has 0 aliphatic heterocycles. The van der Waals surface area contributed by atoms with Crippen LogP contribution in [0, 0.1) is 0 Å². The van der Waals surface area contributed by atoms with E-state index in [9.17, 15) is 13.2 Å². The molecule has 21 heavy (non-hydrogen) atoms. The molecule has 0 aromatic carbocycles. The van der Waals surface area contributed by atoms with E-state index < -0.39 is 11.7 Å². The Bertz CT molecular complexity index is 451. The van der Waals surface area contributed by atoms with Gasteiger partial charge in [-0.25, -0.2) is 4.98 Å². The number of aromatic nitrogens is 1. The second-order valence-corrected chi connectivity index (χ2v) is 6.10. The van der Waals surface area contributed by atoms with E-state index in [-0.39, 0.29) is 16.4 Å². The van der Waals surface area contributed by atoms with Gasteiger partial charge in [-0.1, -0.05) is 13.8 Å². The molecule has 0 amide bonds. The van der Waals surface area contributed by atoms with Crippen LogP contribution in [0.3, 0.4) is 0 Å². The fourth-order valence-corrected chi connectivity index (χ4v) is 2.82. The predicted octanol–water partition coefficient (Wildman–Crippen LogP) is 4.48. The van der Waals surface area contributed by atoms with Crippen LogP contribution < -0.4 is 10.6 Å². The molecule has 2 N–H and O–H groups in total. The van der Waals surface area contributed by atoms with Gasteiger partial charge in [0, 0.05) is 18.3 Å². The van der Waals surface area contributed by atoms with Gasteiger partial charge in [0.15, 0.2) is 0 Å². The van der Waals surface area contributed by atoms with Gasteiger partial charge in [-0.05, 0) is 31.2 Å². The van der Waals surface area contributed by atoms with E-state index in [4.69, 9.17) is 0 Å². The van der Waals surface area contributed by atoms with Crippen LogP contribution in [0.5, 0.6) is 0 Å². The lowest BCUT2D eigenvalue weighted by Crippen LogP contribution is -2.32. The molecule has 3 nitrogen and oxygen atoms in total. The van der Waals surface area contributed by atoms with Crippen molar-refractivity contribution in [3.05, 3.63) is 17.7 Å². The Hall–Kier alpha value is -1.11. The largest absolute Gasteiger partial charge is 0.416 e. The molecule has 0 aliphatic rings. The number of hydrogen-bond acceptors (Lipinski definition) is 4. The van der Waals surface area contributed by atoms with Crippen LogP contribution in [-0.2, 0) is 6.18 Å². The molecule has 0 saturated heterocycles. The van der Waals surface area contributed by atoms with Crippen molar-refractivity contribution >= 4 is 23.4 Å². The van der Waals surface area contributed by atoms with Gasteiger partial charge in [0.1, 0.15) is 11.6 Å². The molecule has 7 heteroatoms. The molecule has 0 atom stereocenters. The van der Waals surface area contributed by atoms with Crippen molar-refractivity contribution in [2.45, 2.75) is 37.6 Å². The summed E-state index contributed by atoms with van der Waals surface area (Å²) in [5.41, 5.74) is -0.702. The maximum Gasteiger partial charge on any atom is 0.416 e. The highest BCUT2D eigenvalue weighted by atomic mass is 32.2. The van der Waals surface area contributed by atoms with Crippen molar-refractivity contribution in [3.63, 3.8) is 0 Å². The number of rotatable bonds is 7. The average Bonchev–Trinajstić information content (AvgIpc) is 2.48. The Balaban J connectivity index is 2.98. The summed E-state index contributed by atoms with van der Waals surface area (Å²) in [6.07, 6.45) is -0.477. The summed E-state index contributed by atoms with van der Waals surface area (Å²) in [6.45, 7) is 4.75. The highest BCUT2D eigenvalue weighted by molar-refractivity contribution is 8.00. The van der Waals surface area contributed by atoms with E-state index in [1.54, 1.807) is 18.8 Å². The van der Waals surface area contributed by atoms with E-state index in [1.165, 1.54) is 0 Å². The summed E-state index contributed by atoms with van der Waals surface area (Å²) in [7, 11) is 1.55.